The third kappa shape index (κ3) is 3.11. The lowest BCUT2D eigenvalue weighted by Gasteiger charge is -2.28. The first-order valence-corrected chi connectivity index (χ1v) is 6.98. The lowest BCUT2D eigenvalue weighted by molar-refractivity contribution is 0.0681. The van der Waals surface area contributed by atoms with Crippen LogP contribution >= 0.6 is 15.9 Å². The van der Waals surface area contributed by atoms with E-state index in [1.807, 2.05) is 6.92 Å². The molecule has 2 rings (SSSR count). The molecule has 6 heteroatoms. The third-order valence-electron chi connectivity index (χ3n) is 3.38. The van der Waals surface area contributed by atoms with Crippen LogP contribution in [0.4, 0.5) is 11.8 Å². The maximum absolute atomic E-state index is 5.67. The number of nitrogen functional groups attached to an aromatic ring is 1. The van der Waals surface area contributed by atoms with Crippen molar-refractivity contribution in [2.75, 3.05) is 18.2 Å². The maximum atomic E-state index is 5.67. The molecule has 1 aromatic heterocycles. The average molecular weight is 315 g/mol. The molecule has 1 heterocycles. The van der Waals surface area contributed by atoms with Crippen LogP contribution in [0, 0.1) is 6.92 Å². The second-order valence-electron chi connectivity index (χ2n) is 4.68. The van der Waals surface area contributed by atoms with Gasteiger partial charge >= 0.3 is 0 Å². The van der Waals surface area contributed by atoms with Gasteiger partial charge in [0.15, 0.2) is 0 Å². The van der Waals surface area contributed by atoms with E-state index in [1.54, 1.807) is 7.11 Å². The first kappa shape index (κ1) is 13.5. The molecule has 100 valence electrons. The van der Waals surface area contributed by atoms with Crippen LogP contribution in [0.1, 0.15) is 31.4 Å². The molecule has 0 saturated heterocycles. The number of nitrogens with zero attached hydrogens (tertiary/aromatic N) is 2. The molecular weight excluding hydrogens is 296 g/mol. The van der Waals surface area contributed by atoms with Crippen molar-refractivity contribution in [3.63, 3.8) is 0 Å². The molecule has 0 amide bonds. The predicted molar refractivity (Wildman–Crippen MR) is 75.6 cm³/mol. The summed E-state index contributed by atoms with van der Waals surface area (Å²) >= 11 is 3.50. The fourth-order valence-corrected chi connectivity index (χ4v) is 2.60. The van der Waals surface area contributed by atoms with Crippen molar-refractivity contribution >= 4 is 27.7 Å². The Labute approximate surface area is 116 Å². The fourth-order valence-electron chi connectivity index (χ4n) is 2.31. The summed E-state index contributed by atoms with van der Waals surface area (Å²) in [6, 6.07) is 0.432. The second kappa shape index (κ2) is 5.84. The number of nitrogens with two attached hydrogens (primary N) is 1. The van der Waals surface area contributed by atoms with Crippen LogP contribution in [0.5, 0.6) is 0 Å². The summed E-state index contributed by atoms with van der Waals surface area (Å²) in [6.45, 7) is 1.91. The third-order valence-corrected chi connectivity index (χ3v) is 4.33. The monoisotopic (exact) mass is 314 g/mol. The zero-order valence-electron chi connectivity index (χ0n) is 10.7. The number of aryl methyl sites for hydroxylation is 1. The average Bonchev–Trinajstić information content (AvgIpc) is 2.36. The van der Waals surface area contributed by atoms with Crippen molar-refractivity contribution < 1.29 is 4.74 Å². The largest absolute Gasteiger partial charge is 0.381 e. The molecule has 1 fully saturated rings. The molecule has 1 aliphatic carbocycles. The van der Waals surface area contributed by atoms with E-state index in [4.69, 9.17) is 10.5 Å². The Bertz CT molecular complexity index is 419. The van der Waals surface area contributed by atoms with Gasteiger partial charge < -0.3 is 15.8 Å². The number of hydrogen-bond acceptors (Lipinski definition) is 5. The Kier molecular flexibility index (Phi) is 4.40. The molecule has 1 saturated carbocycles. The molecule has 1 aliphatic rings. The van der Waals surface area contributed by atoms with Gasteiger partial charge in [-0.15, -0.1) is 0 Å². The Morgan fingerprint density at radius 1 is 1.28 bits per heavy atom. The highest BCUT2D eigenvalue weighted by atomic mass is 79.9. The molecule has 5 nitrogen and oxygen atoms in total. The number of halogens is 1. The first-order chi connectivity index (χ1) is 8.60. The van der Waals surface area contributed by atoms with Crippen molar-refractivity contribution in [1.29, 1.82) is 0 Å². The van der Waals surface area contributed by atoms with Gasteiger partial charge in [-0.1, -0.05) is 0 Å². The van der Waals surface area contributed by atoms with Gasteiger partial charge in [0.25, 0.3) is 0 Å². The molecule has 0 spiro atoms. The minimum absolute atomic E-state index is 0.309. The molecule has 3 N–H and O–H groups in total. The summed E-state index contributed by atoms with van der Waals surface area (Å²) in [4.78, 5) is 8.36. The standard InChI is InChI=1S/C12H19BrN4O/c1-7-10(13)11(17-12(14)15-7)16-8-3-5-9(18-2)6-4-8/h8-9H,3-6H2,1-2H3,(H3,14,15,16,17)/t8-,9-. The topological polar surface area (TPSA) is 73.1 Å². The molecule has 0 bridgehead atoms. The van der Waals surface area contributed by atoms with E-state index in [2.05, 4.69) is 31.2 Å². The number of hydrogen-bond donors (Lipinski definition) is 2. The zero-order valence-corrected chi connectivity index (χ0v) is 12.3. The van der Waals surface area contributed by atoms with E-state index in [9.17, 15) is 0 Å². The van der Waals surface area contributed by atoms with Crippen LogP contribution in [0.2, 0.25) is 0 Å². The minimum Gasteiger partial charge on any atom is -0.381 e. The molecule has 0 radical (unpaired) electrons. The van der Waals surface area contributed by atoms with Gasteiger partial charge in [0.2, 0.25) is 5.95 Å². The fraction of sp³-hybridized carbons (Fsp3) is 0.667. The highest BCUT2D eigenvalue weighted by molar-refractivity contribution is 9.10. The number of methoxy groups -OCH3 is 1. The zero-order chi connectivity index (χ0) is 13.1. The van der Waals surface area contributed by atoms with Crippen molar-refractivity contribution in [3.05, 3.63) is 10.2 Å². The first-order valence-electron chi connectivity index (χ1n) is 6.19. The van der Waals surface area contributed by atoms with E-state index < -0.39 is 0 Å². The van der Waals surface area contributed by atoms with Gasteiger partial charge in [-0.3, -0.25) is 0 Å². The van der Waals surface area contributed by atoms with Crippen LogP contribution < -0.4 is 11.1 Å². The number of ether oxygens (including phenoxy) is 1. The molecule has 0 atom stereocenters. The van der Waals surface area contributed by atoms with Crippen molar-refractivity contribution in [2.45, 2.75) is 44.8 Å². The summed E-state index contributed by atoms with van der Waals surface area (Å²) in [6.07, 6.45) is 4.77. The summed E-state index contributed by atoms with van der Waals surface area (Å²) in [5, 5.41) is 3.44. The lowest BCUT2D eigenvalue weighted by atomic mass is 9.93. The van der Waals surface area contributed by atoms with Gasteiger partial charge in [-0.2, -0.15) is 4.98 Å². The Hall–Kier alpha value is -0.880. The van der Waals surface area contributed by atoms with Crippen molar-refractivity contribution in [3.8, 4) is 0 Å². The molecule has 1 aromatic rings. The normalized spacial score (nSPS) is 23.9. The Morgan fingerprint density at radius 2 is 1.94 bits per heavy atom. The lowest BCUT2D eigenvalue weighted by Crippen LogP contribution is -2.29. The number of rotatable bonds is 3. The summed E-state index contributed by atoms with van der Waals surface area (Å²) in [5.74, 6) is 1.10. The maximum Gasteiger partial charge on any atom is 0.222 e. The Morgan fingerprint density at radius 3 is 2.56 bits per heavy atom. The van der Waals surface area contributed by atoms with Gasteiger partial charge in [0, 0.05) is 13.2 Å². The number of nitrogens with one attached hydrogen (secondary N) is 1. The molecule has 18 heavy (non-hydrogen) atoms. The molecule has 0 aromatic carbocycles. The second-order valence-corrected chi connectivity index (χ2v) is 5.48. The quantitative estimate of drug-likeness (QED) is 0.896. The van der Waals surface area contributed by atoms with Crippen LogP contribution in [0.25, 0.3) is 0 Å². The smallest absolute Gasteiger partial charge is 0.222 e. The molecule has 0 unspecified atom stereocenters. The van der Waals surface area contributed by atoms with Crippen molar-refractivity contribution in [1.82, 2.24) is 9.97 Å². The van der Waals surface area contributed by atoms with E-state index in [0.29, 0.717) is 18.1 Å². The van der Waals surface area contributed by atoms with Gasteiger partial charge in [-0.05, 0) is 48.5 Å². The summed E-state index contributed by atoms with van der Waals surface area (Å²) < 4.78 is 6.26. The SMILES string of the molecule is CO[C@H]1CC[C@H](Nc2nc(N)nc(C)c2Br)CC1. The van der Waals surface area contributed by atoms with Crippen LogP contribution in [0.15, 0.2) is 4.47 Å². The summed E-state index contributed by atoms with van der Waals surface area (Å²) in [7, 11) is 1.78. The predicted octanol–water partition coefficient (Wildman–Crippen LogP) is 2.50. The van der Waals surface area contributed by atoms with E-state index in [-0.39, 0.29) is 0 Å². The van der Waals surface area contributed by atoms with E-state index >= 15 is 0 Å². The van der Waals surface area contributed by atoms with E-state index in [0.717, 1.165) is 41.7 Å². The number of aromatic nitrogens is 2. The van der Waals surface area contributed by atoms with Crippen LogP contribution in [0.3, 0.4) is 0 Å². The summed E-state index contributed by atoms with van der Waals surface area (Å²) in [5.41, 5.74) is 6.53. The molecule has 0 aliphatic heterocycles. The van der Waals surface area contributed by atoms with E-state index in [1.165, 1.54) is 0 Å². The van der Waals surface area contributed by atoms with Crippen LogP contribution in [-0.2, 0) is 4.74 Å². The van der Waals surface area contributed by atoms with Crippen molar-refractivity contribution in [2.24, 2.45) is 0 Å². The van der Waals surface area contributed by atoms with Gasteiger partial charge in [-0.25, -0.2) is 4.98 Å². The highest BCUT2D eigenvalue weighted by Gasteiger charge is 2.22. The Balaban J connectivity index is 2.02. The van der Waals surface area contributed by atoms with Gasteiger partial charge in [0.1, 0.15) is 5.82 Å². The number of anilines is 2. The molecular formula is C12H19BrN4O. The van der Waals surface area contributed by atoms with Crippen LogP contribution in [-0.4, -0.2) is 29.2 Å². The highest BCUT2D eigenvalue weighted by Crippen LogP contribution is 2.28. The minimum atomic E-state index is 0.309. The van der Waals surface area contributed by atoms with Gasteiger partial charge in [0.05, 0.1) is 16.3 Å².